The van der Waals surface area contributed by atoms with Crippen LogP contribution in [0.5, 0.6) is 0 Å². The van der Waals surface area contributed by atoms with Crippen molar-refractivity contribution in [3.63, 3.8) is 0 Å². The second kappa shape index (κ2) is 10.00. The molecule has 0 unspecified atom stereocenters. The van der Waals surface area contributed by atoms with Crippen LogP contribution in [0, 0.1) is 0 Å². The second-order valence-electron chi connectivity index (χ2n) is 7.11. The molecule has 5 nitrogen and oxygen atoms in total. The number of hydrogen-bond donors (Lipinski definition) is 2. The number of aliphatic imine (C=N–C) groups is 1. The highest BCUT2D eigenvalue weighted by atomic mass is 19.4. The van der Waals surface area contributed by atoms with Gasteiger partial charge in [-0.15, -0.1) is 0 Å². The van der Waals surface area contributed by atoms with Gasteiger partial charge in [-0.25, -0.2) is 4.99 Å². The van der Waals surface area contributed by atoms with Crippen LogP contribution in [0.2, 0.25) is 0 Å². The normalized spacial score (nSPS) is 11.9. The van der Waals surface area contributed by atoms with Crippen molar-refractivity contribution in [1.29, 1.82) is 0 Å². The van der Waals surface area contributed by atoms with Crippen molar-refractivity contribution in [2.75, 3.05) is 0 Å². The summed E-state index contributed by atoms with van der Waals surface area (Å²) in [6.45, 7) is 0.255. The lowest BCUT2D eigenvalue weighted by Crippen LogP contribution is -2.16. The summed E-state index contributed by atoms with van der Waals surface area (Å²) in [7, 11) is 0. The molecule has 0 aromatic heterocycles. The number of carboxylic acids is 1. The smallest absolute Gasteiger partial charge is 0.416 e. The van der Waals surface area contributed by atoms with Crippen LogP contribution in [-0.4, -0.2) is 17.1 Å². The van der Waals surface area contributed by atoms with Gasteiger partial charge in [-0.2, -0.15) is 13.2 Å². The monoisotopic (exact) mass is 442 g/mol. The first-order valence-electron chi connectivity index (χ1n) is 9.69. The lowest BCUT2D eigenvalue weighted by atomic mass is 10.00. The number of amidine groups is 1. The summed E-state index contributed by atoms with van der Waals surface area (Å²) in [6, 6.07) is 19.4. The lowest BCUT2D eigenvalue weighted by molar-refractivity contribution is -0.138. The van der Waals surface area contributed by atoms with Crippen molar-refractivity contribution < 1.29 is 27.8 Å². The number of nitrogens with two attached hydrogens (primary N) is 1. The molecule has 3 aromatic rings. The van der Waals surface area contributed by atoms with E-state index in [9.17, 15) is 18.0 Å². The first kappa shape index (κ1) is 22.9. The number of aliphatic carboxylic acids is 1. The van der Waals surface area contributed by atoms with E-state index in [2.05, 4.69) is 4.99 Å². The number of nitrogens with zero attached hydrogens (tertiary/aromatic N) is 1. The Morgan fingerprint density at radius 3 is 2.09 bits per heavy atom. The minimum absolute atomic E-state index is 0.00385. The van der Waals surface area contributed by atoms with Gasteiger partial charge in [0, 0.05) is 0 Å². The standard InChI is InChI=1S/C24H21F3N2O3/c25-24(26,27)21-9-7-16(8-10-21)15-32-23(28)29-14-18-4-2-6-20(12-18)19-5-1-3-17(11-19)13-22(30)31/h1-12H,13-15H2,(H2,28,29)(H,30,31). The molecule has 166 valence electrons. The Bertz CT molecular complexity index is 1110. The highest BCUT2D eigenvalue weighted by Crippen LogP contribution is 2.29. The van der Waals surface area contributed by atoms with Crippen LogP contribution >= 0.6 is 0 Å². The second-order valence-corrected chi connectivity index (χ2v) is 7.11. The number of ether oxygens (including phenoxy) is 1. The number of hydrogen-bond acceptors (Lipinski definition) is 3. The fourth-order valence-electron chi connectivity index (χ4n) is 3.05. The van der Waals surface area contributed by atoms with E-state index in [1.54, 1.807) is 6.07 Å². The summed E-state index contributed by atoms with van der Waals surface area (Å²) < 4.78 is 43.2. The minimum atomic E-state index is -4.38. The number of carbonyl (C=O) groups is 1. The molecule has 0 fully saturated rings. The molecular formula is C24H21F3N2O3. The predicted octanol–water partition coefficient (Wildman–Crippen LogP) is 5.03. The Morgan fingerprint density at radius 2 is 1.50 bits per heavy atom. The van der Waals surface area contributed by atoms with Crippen LogP contribution in [0.1, 0.15) is 22.3 Å². The van der Waals surface area contributed by atoms with Gasteiger partial charge in [0.2, 0.25) is 0 Å². The molecule has 3 N–H and O–H groups in total. The number of alkyl halides is 3. The van der Waals surface area contributed by atoms with Gasteiger partial charge in [-0.05, 0) is 46.0 Å². The van der Waals surface area contributed by atoms with Crippen LogP contribution in [-0.2, 0) is 35.3 Å². The Labute approximate surface area is 183 Å². The molecule has 0 atom stereocenters. The van der Waals surface area contributed by atoms with Crippen LogP contribution in [0.25, 0.3) is 11.1 Å². The van der Waals surface area contributed by atoms with Crippen molar-refractivity contribution in [3.05, 3.63) is 95.1 Å². The highest BCUT2D eigenvalue weighted by molar-refractivity contribution is 5.73. The average Bonchev–Trinajstić information content (AvgIpc) is 2.76. The van der Waals surface area contributed by atoms with Crippen LogP contribution < -0.4 is 5.73 Å². The first-order valence-corrected chi connectivity index (χ1v) is 9.69. The van der Waals surface area contributed by atoms with Crippen molar-refractivity contribution in [1.82, 2.24) is 0 Å². The van der Waals surface area contributed by atoms with Gasteiger partial charge in [0.15, 0.2) is 0 Å². The summed E-state index contributed by atoms with van der Waals surface area (Å²) in [5, 5.41) is 8.97. The molecule has 0 amide bonds. The van der Waals surface area contributed by atoms with E-state index in [1.807, 2.05) is 42.5 Å². The van der Waals surface area contributed by atoms with E-state index in [4.69, 9.17) is 15.6 Å². The van der Waals surface area contributed by atoms with Crippen molar-refractivity contribution in [2.24, 2.45) is 10.7 Å². The van der Waals surface area contributed by atoms with Crippen molar-refractivity contribution in [2.45, 2.75) is 25.7 Å². The summed E-state index contributed by atoms with van der Waals surface area (Å²) in [4.78, 5) is 15.1. The Morgan fingerprint density at radius 1 is 0.906 bits per heavy atom. The Hall–Kier alpha value is -3.81. The number of halogens is 3. The number of benzene rings is 3. The highest BCUT2D eigenvalue weighted by Gasteiger charge is 2.29. The summed E-state index contributed by atoms with van der Waals surface area (Å²) in [5.41, 5.74) is 8.97. The molecule has 0 bridgehead atoms. The van der Waals surface area contributed by atoms with E-state index in [0.717, 1.165) is 28.8 Å². The maximum atomic E-state index is 12.6. The van der Waals surface area contributed by atoms with Gasteiger partial charge in [-0.3, -0.25) is 4.79 Å². The lowest BCUT2D eigenvalue weighted by Gasteiger charge is -2.09. The Kier molecular flexibility index (Phi) is 7.14. The van der Waals surface area contributed by atoms with Gasteiger partial charge in [0.05, 0.1) is 18.5 Å². The third kappa shape index (κ3) is 6.60. The maximum absolute atomic E-state index is 12.6. The maximum Gasteiger partial charge on any atom is 0.416 e. The molecule has 0 aliphatic carbocycles. The van der Waals surface area contributed by atoms with E-state index in [1.165, 1.54) is 12.1 Å². The van der Waals surface area contributed by atoms with Gasteiger partial charge in [0.25, 0.3) is 6.02 Å². The van der Waals surface area contributed by atoms with Crippen molar-refractivity contribution in [3.8, 4) is 11.1 Å². The molecule has 32 heavy (non-hydrogen) atoms. The fraction of sp³-hybridized carbons (Fsp3) is 0.167. The van der Waals surface area contributed by atoms with Crippen LogP contribution in [0.3, 0.4) is 0 Å². The first-order chi connectivity index (χ1) is 15.2. The molecule has 0 saturated carbocycles. The average molecular weight is 442 g/mol. The van der Waals surface area contributed by atoms with Gasteiger partial charge < -0.3 is 15.6 Å². The van der Waals surface area contributed by atoms with Crippen LogP contribution in [0.15, 0.2) is 77.8 Å². The molecule has 0 radical (unpaired) electrons. The summed E-state index contributed by atoms with van der Waals surface area (Å²) in [5.74, 6) is -0.892. The zero-order valence-electron chi connectivity index (χ0n) is 17.0. The largest absolute Gasteiger partial charge is 0.481 e. The van der Waals surface area contributed by atoms with Gasteiger partial charge in [0.1, 0.15) is 6.61 Å². The van der Waals surface area contributed by atoms with E-state index in [-0.39, 0.29) is 25.6 Å². The number of rotatable bonds is 7. The summed E-state index contributed by atoms with van der Waals surface area (Å²) >= 11 is 0. The molecule has 3 rings (SSSR count). The fourth-order valence-corrected chi connectivity index (χ4v) is 3.05. The third-order valence-corrected chi connectivity index (χ3v) is 4.63. The molecular weight excluding hydrogens is 421 g/mol. The molecule has 0 aliphatic rings. The van der Waals surface area contributed by atoms with E-state index < -0.39 is 17.7 Å². The minimum Gasteiger partial charge on any atom is -0.481 e. The molecule has 0 heterocycles. The predicted molar refractivity (Wildman–Crippen MR) is 115 cm³/mol. The molecule has 0 spiro atoms. The topological polar surface area (TPSA) is 84.9 Å². The third-order valence-electron chi connectivity index (χ3n) is 4.63. The zero-order valence-corrected chi connectivity index (χ0v) is 17.0. The molecule has 8 heteroatoms. The van der Waals surface area contributed by atoms with Crippen LogP contribution in [0.4, 0.5) is 13.2 Å². The quantitative estimate of drug-likeness (QED) is 0.397. The molecule has 0 aliphatic heterocycles. The van der Waals surface area contributed by atoms with Gasteiger partial charge in [-0.1, -0.05) is 54.6 Å². The number of carboxylic acid groups (broad SMARTS) is 1. The molecule has 0 saturated heterocycles. The SMILES string of the molecule is NC(=NCc1cccc(-c2cccc(CC(=O)O)c2)c1)OCc1ccc(C(F)(F)F)cc1. The van der Waals surface area contributed by atoms with Crippen molar-refractivity contribution >= 4 is 12.0 Å². The van der Waals surface area contributed by atoms with E-state index >= 15 is 0 Å². The Balaban J connectivity index is 1.61. The summed E-state index contributed by atoms with van der Waals surface area (Å²) in [6.07, 6.45) is -4.43. The molecule has 3 aromatic carbocycles. The van der Waals surface area contributed by atoms with Gasteiger partial charge >= 0.3 is 12.1 Å². The zero-order chi connectivity index (χ0) is 23.1. The van der Waals surface area contributed by atoms with E-state index in [0.29, 0.717) is 11.1 Å².